The Morgan fingerprint density at radius 2 is 1.94 bits per heavy atom. The molecule has 0 spiro atoms. The summed E-state index contributed by atoms with van der Waals surface area (Å²) >= 11 is 14.5. The summed E-state index contributed by atoms with van der Waals surface area (Å²) in [7, 11) is 0. The van der Waals surface area contributed by atoms with Crippen molar-refractivity contribution >= 4 is 39.1 Å². The highest BCUT2D eigenvalue weighted by atomic mass is 79.9. The smallest absolute Gasteiger partial charge is 0.223 e. The molecule has 2 aromatic rings. The Balaban J connectivity index is 2.33. The van der Waals surface area contributed by atoms with Crippen LogP contribution in [0.2, 0.25) is 10.2 Å². The molecule has 17 heavy (non-hydrogen) atoms. The molecule has 0 N–H and O–H groups in total. The van der Waals surface area contributed by atoms with E-state index in [1.807, 2.05) is 0 Å². The molecule has 0 atom stereocenters. The van der Waals surface area contributed by atoms with Crippen molar-refractivity contribution < 1.29 is 9.13 Å². The van der Waals surface area contributed by atoms with Gasteiger partial charge in [-0.15, -0.1) is 0 Å². The quantitative estimate of drug-likeness (QED) is 0.598. The van der Waals surface area contributed by atoms with Crippen molar-refractivity contribution in [3.63, 3.8) is 0 Å². The van der Waals surface area contributed by atoms with E-state index in [2.05, 4.69) is 25.9 Å². The van der Waals surface area contributed by atoms with Gasteiger partial charge in [-0.1, -0.05) is 23.2 Å². The topological polar surface area (TPSA) is 35.0 Å². The third-order valence-electron chi connectivity index (χ3n) is 1.80. The molecule has 0 saturated heterocycles. The minimum atomic E-state index is -0.579. The SMILES string of the molecule is Fc1cc(Oc2cc(Cl)ncn2)c(Br)cc1Cl. The molecule has 0 saturated carbocycles. The van der Waals surface area contributed by atoms with Crippen molar-refractivity contribution in [2.75, 3.05) is 0 Å². The van der Waals surface area contributed by atoms with Gasteiger partial charge in [0.1, 0.15) is 23.0 Å². The fourth-order valence-electron chi connectivity index (χ4n) is 1.07. The van der Waals surface area contributed by atoms with Crippen molar-refractivity contribution in [1.29, 1.82) is 0 Å². The van der Waals surface area contributed by atoms with Gasteiger partial charge in [0, 0.05) is 12.1 Å². The lowest BCUT2D eigenvalue weighted by Gasteiger charge is -2.07. The maximum Gasteiger partial charge on any atom is 0.223 e. The van der Waals surface area contributed by atoms with Crippen LogP contribution in [0.3, 0.4) is 0 Å². The predicted molar refractivity (Wildman–Crippen MR) is 66.2 cm³/mol. The summed E-state index contributed by atoms with van der Waals surface area (Å²) in [5.41, 5.74) is 0. The van der Waals surface area contributed by atoms with E-state index in [4.69, 9.17) is 27.9 Å². The zero-order valence-electron chi connectivity index (χ0n) is 8.12. The second-order valence-corrected chi connectivity index (χ2v) is 4.63. The van der Waals surface area contributed by atoms with Crippen LogP contribution in [0.15, 0.2) is 29.0 Å². The molecule has 1 aromatic carbocycles. The van der Waals surface area contributed by atoms with Gasteiger partial charge in [0.25, 0.3) is 0 Å². The minimum absolute atomic E-state index is 0.00458. The van der Waals surface area contributed by atoms with Crippen LogP contribution in [0, 0.1) is 5.82 Å². The van der Waals surface area contributed by atoms with E-state index in [9.17, 15) is 4.39 Å². The van der Waals surface area contributed by atoms with E-state index >= 15 is 0 Å². The van der Waals surface area contributed by atoms with Crippen molar-refractivity contribution in [1.82, 2.24) is 9.97 Å². The predicted octanol–water partition coefficient (Wildman–Crippen LogP) is 4.48. The highest BCUT2D eigenvalue weighted by Gasteiger charge is 2.09. The Labute approximate surface area is 115 Å². The van der Waals surface area contributed by atoms with Crippen molar-refractivity contribution in [3.8, 4) is 11.6 Å². The number of aromatic nitrogens is 2. The average Bonchev–Trinajstić information content (AvgIpc) is 2.26. The molecule has 0 aliphatic rings. The third kappa shape index (κ3) is 3.06. The molecule has 0 aliphatic heterocycles. The fraction of sp³-hybridized carbons (Fsp3) is 0. The molecule has 0 radical (unpaired) electrons. The van der Waals surface area contributed by atoms with Crippen molar-refractivity contribution in [2.45, 2.75) is 0 Å². The Bertz CT molecular complexity index is 568. The highest BCUT2D eigenvalue weighted by molar-refractivity contribution is 9.10. The minimum Gasteiger partial charge on any atom is -0.438 e. The normalized spacial score (nSPS) is 10.4. The molecular weight excluding hydrogens is 334 g/mol. The molecule has 7 heteroatoms. The Hall–Kier alpha value is -0.910. The zero-order chi connectivity index (χ0) is 12.4. The number of benzene rings is 1. The molecule has 0 amide bonds. The highest BCUT2D eigenvalue weighted by Crippen LogP contribution is 2.33. The monoisotopic (exact) mass is 336 g/mol. The number of ether oxygens (including phenoxy) is 1. The van der Waals surface area contributed by atoms with E-state index in [-0.39, 0.29) is 21.8 Å². The van der Waals surface area contributed by atoms with Gasteiger partial charge >= 0.3 is 0 Å². The lowest BCUT2D eigenvalue weighted by molar-refractivity contribution is 0.454. The Kier molecular flexibility index (Phi) is 3.81. The molecule has 0 unspecified atom stereocenters. The van der Waals surface area contributed by atoms with E-state index in [1.54, 1.807) is 0 Å². The summed E-state index contributed by atoms with van der Waals surface area (Å²) in [6.07, 6.45) is 1.25. The molecular formula is C10H4BrCl2FN2O. The number of rotatable bonds is 2. The van der Waals surface area contributed by atoms with Crippen LogP contribution in [0.4, 0.5) is 4.39 Å². The first-order chi connectivity index (χ1) is 8.06. The van der Waals surface area contributed by atoms with E-state index in [1.165, 1.54) is 18.5 Å². The maximum absolute atomic E-state index is 13.2. The van der Waals surface area contributed by atoms with Gasteiger partial charge < -0.3 is 4.74 Å². The van der Waals surface area contributed by atoms with Gasteiger partial charge in [0.2, 0.25) is 5.88 Å². The van der Waals surface area contributed by atoms with Crippen LogP contribution in [0.5, 0.6) is 11.6 Å². The van der Waals surface area contributed by atoms with Crippen LogP contribution >= 0.6 is 39.1 Å². The van der Waals surface area contributed by atoms with Gasteiger partial charge in [0.15, 0.2) is 0 Å². The molecule has 2 rings (SSSR count). The van der Waals surface area contributed by atoms with E-state index < -0.39 is 5.82 Å². The fourth-order valence-corrected chi connectivity index (χ4v) is 1.93. The van der Waals surface area contributed by atoms with Gasteiger partial charge in [0.05, 0.1) is 9.50 Å². The molecule has 3 nitrogen and oxygen atoms in total. The number of hydrogen-bond donors (Lipinski definition) is 0. The number of halogens is 4. The number of hydrogen-bond acceptors (Lipinski definition) is 3. The second-order valence-electron chi connectivity index (χ2n) is 2.98. The van der Waals surface area contributed by atoms with Crippen molar-refractivity contribution in [2.24, 2.45) is 0 Å². The van der Waals surface area contributed by atoms with Crippen LogP contribution in [-0.2, 0) is 0 Å². The van der Waals surface area contributed by atoms with Crippen LogP contribution in [0.1, 0.15) is 0 Å². The third-order valence-corrected chi connectivity index (χ3v) is 2.91. The van der Waals surface area contributed by atoms with Gasteiger partial charge in [-0.25, -0.2) is 14.4 Å². The summed E-state index contributed by atoms with van der Waals surface area (Å²) < 4.78 is 19.1. The average molecular weight is 338 g/mol. The molecule has 1 aromatic heterocycles. The summed E-state index contributed by atoms with van der Waals surface area (Å²) in [5.74, 6) is -0.112. The summed E-state index contributed by atoms with van der Waals surface area (Å²) in [4.78, 5) is 7.54. The van der Waals surface area contributed by atoms with E-state index in [0.717, 1.165) is 6.07 Å². The largest absolute Gasteiger partial charge is 0.438 e. The molecule has 88 valence electrons. The standard InChI is InChI=1S/C10H4BrCl2FN2O/c11-5-1-6(12)7(14)2-8(5)17-10-3-9(13)15-4-16-10/h1-4H. The lowest BCUT2D eigenvalue weighted by atomic mass is 10.3. The second kappa shape index (κ2) is 5.16. The molecule has 0 bridgehead atoms. The van der Waals surface area contributed by atoms with Crippen LogP contribution in [-0.4, -0.2) is 9.97 Å². The summed E-state index contributed by atoms with van der Waals surface area (Å²) in [6.45, 7) is 0. The van der Waals surface area contributed by atoms with Crippen molar-refractivity contribution in [3.05, 3.63) is 45.0 Å². The molecule has 0 aliphatic carbocycles. The first kappa shape index (κ1) is 12.5. The Morgan fingerprint density at radius 3 is 2.65 bits per heavy atom. The molecule has 0 fully saturated rings. The number of nitrogens with zero attached hydrogens (tertiary/aromatic N) is 2. The summed E-state index contributed by atoms with van der Waals surface area (Å²) in [5, 5.41) is 0.241. The Morgan fingerprint density at radius 1 is 1.18 bits per heavy atom. The van der Waals surface area contributed by atoms with Crippen LogP contribution < -0.4 is 4.74 Å². The maximum atomic E-state index is 13.2. The first-order valence-corrected chi connectivity index (χ1v) is 5.91. The lowest BCUT2D eigenvalue weighted by Crippen LogP contribution is -1.91. The molecule has 1 heterocycles. The van der Waals surface area contributed by atoms with E-state index in [0.29, 0.717) is 4.47 Å². The van der Waals surface area contributed by atoms with Crippen LogP contribution in [0.25, 0.3) is 0 Å². The summed E-state index contributed by atoms with van der Waals surface area (Å²) in [6, 6.07) is 3.97. The van der Waals surface area contributed by atoms with Gasteiger partial charge in [-0.3, -0.25) is 0 Å². The van der Waals surface area contributed by atoms with Gasteiger partial charge in [-0.05, 0) is 22.0 Å². The first-order valence-electron chi connectivity index (χ1n) is 4.36. The zero-order valence-corrected chi connectivity index (χ0v) is 11.2. The van der Waals surface area contributed by atoms with Gasteiger partial charge in [-0.2, -0.15) is 0 Å².